The molecule has 71 valence electrons. The van der Waals surface area contributed by atoms with Crippen molar-refractivity contribution in [3.8, 4) is 0 Å². The normalized spacial score (nSPS) is 14.6. The van der Waals surface area contributed by atoms with Crippen LogP contribution in [0.4, 0.5) is 0 Å². The first kappa shape index (κ1) is 9.31. The lowest BCUT2D eigenvalue weighted by Gasteiger charge is -1.83. The molecule has 1 aliphatic heterocycles. The number of fused-ring (bicyclic) bond motifs is 1. The summed E-state index contributed by atoms with van der Waals surface area (Å²) in [7, 11) is 1.64. The fourth-order valence-corrected chi connectivity index (χ4v) is 1.24. The molecule has 0 spiro atoms. The highest BCUT2D eigenvalue weighted by molar-refractivity contribution is 6.27. The van der Waals surface area contributed by atoms with Gasteiger partial charge in [0, 0.05) is 11.7 Å². The van der Waals surface area contributed by atoms with Gasteiger partial charge in [0.15, 0.2) is 0 Å². The zero-order chi connectivity index (χ0) is 9.64. The number of aromatic amines is 1. The molecular weight excluding hydrogens is 177 g/mol. The quantitative estimate of drug-likeness (QED) is 0.507. The van der Waals surface area contributed by atoms with E-state index in [1.54, 1.807) is 7.48 Å². The maximum Gasteiger partial charge on any atom is 0.346 e. The molecular formula is C10H11BNO2. The van der Waals surface area contributed by atoms with E-state index in [0.29, 0.717) is 0 Å². The van der Waals surface area contributed by atoms with Crippen LogP contribution in [0.25, 0.3) is 10.9 Å². The van der Waals surface area contributed by atoms with Gasteiger partial charge in [-0.2, -0.15) is 0 Å². The van der Waals surface area contributed by atoms with Crippen molar-refractivity contribution in [2.45, 2.75) is 6.32 Å². The molecule has 1 aliphatic rings. The van der Waals surface area contributed by atoms with Crippen LogP contribution < -0.4 is 0 Å². The first-order chi connectivity index (χ1) is 6.97. The van der Waals surface area contributed by atoms with Gasteiger partial charge in [0.05, 0.1) is 6.61 Å². The summed E-state index contributed by atoms with van der Waals surface area (Å²) in [5, 5.41) is 1.28. The summed E-state index contributed by atoms with van der Waals surface area (Å²) >= 11 is 0. The Balaban J connectivity index is 0.000000128. The van der Waals surface area contributed by atoms with Crippen molar-refractivity contribution in [2.24, 2.45) is 0 Å². The van der Waals surface area contributed by atoms with Gasteiger partial charge in [-0.25, -0.2) is 0 Å². The molecule has 1 N–H and O–H groups in total. The lowest BCUT2D eigenvalue weighted by Crippen LogP contribution is -1.78. The molecule has 3 nitrogen and oxygen atoms in total. The molecule has 4 heteroatoms. The van der Waals surface area contributed by atoms with E-state index >= 15 is 0 Å². The van der Waals surface area contributed by atoms with Gasteiger partial charge in [0.1, 0.15) is 0 Å². The second-order valence-electron chi connectivity index (χ2n) is 2.94. The van der Waals surface area contributed by atoms with Gasteiger partial charge in [-0.3, -0.25) is 4.89 Å². The number of benzene rings is 1. The number of rotatable bonds is 0. The summed E-state index contributed by atoms with van der Waals surface area (Å²) in [6.07, 6.45) is 2.88. The monoisotopic (exact) mass is 188 g/mol. The van der Waals surface area contributed by atoms with Crippen molar-refractivity contribution in [3.05, 3.63) is 36.5 Å². The summed E-state index contributed by atoms with van der Waals surface area (Å²) in [5.74, 6) is 0. The van der Waals surface area contributed by atoms with Crippen LogP contribution in [-0.2, 0) is 9.69 Å². The van der Waals surface area contributed by atoms with Gasteiger partial charge in [0.25, 0.3) is 0 Å². The fraction of sp³-hybridized carbons (Fsp3) is 0.200. The Hall–Kier alpha value is -1.26. The maximum absolute atomic E-state index is 4.39. The SMILES string of the molecule is [B]1CCOO1.c1ccc2[nH]ccc2c1. The van der Waals surface area contributed by atoms with E-state index in [1.807, 2.05) is 18.3 Å². The van der Waals surface area contributed by atoms with Gasteiger partial charge in [-0.15, -0.1) is 0 Å². The van der Waals surface area contributed by atoms with Gasteiger partial charge >= 0.3 is 7.48 Å². The highest BCUT2D eigenvalue weighted by Crippen LogP contribution is 2.09. The Labute approximate surface area is 83.2 Å². The molecule has 0 aliphatic carbocycles. The van der Waals surface area contributed by atoms with E-state index < -0.39 is 0 Å². The van der Waals surface area contributed by atoms with Gasteiger partial charge in [-0.1, -0.05) is 18.2 Å². The zero-order valence-electron chi connectivity index (χ0n) is 7.77. The number of H-pyrrole nitrogens is 1. The van der Waals surface area contributed by atoms with Crippen LogP contribution in [0.3, 0.4) is 0 Å². The highest BCUT2D eigenvalue weighted by atomic mass is 17.2. The standard InChI is InChI=1S/C8H7N.C2H4BO2/c1-2-4-8-7(3-1)5-6-9-8;1-2-4-5-3-1/h1-6,9H;1-2H2. The summed E-state index contributed by atoms with van der Waals surface area (Å²) in [5.41, 5.74) is 1.21. The predicted octanol–water partition coefficient (Wildman–Crippen LogP) is 2.15. The van der Waals surface area contributed by atoms with Crippen LogP contribution in [0.15, 0.2) is 36.5 Å². The van der Waals surface area contributed by atoms with Crippen LogP contribution >= 0.6 is 0 Å². The minimum Gasteiger partial charge on any atom is -0.361 e. The van der Waals surface area contributed by atoms with Gasteiger partial charge in [0.2, 0.25) is 0 Å². The molecule has 2 heterocycles. The van der Waals surface area contributed by atoms with Crippen LogP contribution in [0.1, 0.15) is 0 Å². The molecule has 14 heavy (non-hydrogen) atoms. The lowest BCUT2D eigenvalue weighted by molar-refractivity contribution is -0.181. The molecule has 0 amide bonds. The number of nitrogens with one attached hydrogen (secondary N) is 1. The molecule has 0 bridgehead atoms. The molecule has 1 saturated heterocycles. The van der Waals surface area contributed by atoms with Crippen molar-refractivity contribution in [1.82, 2.24) is 4.98 Å². The van der Waals surface area contributed by atoms with E-state index in [2.05, 4.69) is 32.9 Å². The topological polar surface area (TPSA) is 34.2 Å². The molecule has 0 unspecified atom stereocenters. The third kappa shape index (κ3) is 2.37. The third-order valence-corrected chi connectivity index (χ3v) is 1.92. The molecule has 1 aromatic heterocycles. The van der Waals surface area contributed by atoms with E-state index in [-0.39, 0.29) is 0 Å². The van der Waals surface area contributed by atoms with Crippen molar-refractivity contribution < 1.29 is 9.69 Å². The molecule has 3 rings (SSSR count). The fourth-order valence-electron chi connectivity index (χ4n) is 1.24. The van der Waals surface area contributed by atoms with E-state index in [0.717, 1.165) is 12.9 Å². The van der Waals surface area contributed by atoms with Gasteiger partial charge in [-0.05, 0) is 23.8 Å². The number of hydrogen-bond acceptors (Lipinski definition) is 2. The van der Waals surface area contributed by atoms with Crippen LogP contribution in [-0.4, -0.2) is 19.1 Å². The summed E-state index contributed by atoms with van der Waals surface area (Å²) in [6.45, 7) is 0.722. The third-order valence-electron chi connectivity index (χ3n) is 1.92. The zero-order valence-corrected chi connectivity index (χ0v) is 7.77. The van der Waals surface area contributed by atoms with Crippen molar-refractivity contribution in [2.75, 3.05) is 6.61 Å². The molecule has 1 radical (unpaired) electrons. The van der Waals surface area contributed by atoms with Crippen LogP contribution in [0.2, 0.25) is 6.32 Å². The first-order valence-corrected chi connectivity index (χ1v) is 4.59. The largest absolute Gasteiger partial charge is 0.361 e. The van der Waals surface area contributed by atoms with E-state index in [4.69, 9.17) is 0 Å². The Morgan fingerprint density at radius 2 is 2.14 bits per heavy atom. The van der Waals surface area contributed by atoms with E-state index in [9.17, 15) is 0 Å². The van der Waals surface area contributed by atoms with Gasteiger partial charge < -0.3 is 9.79 Å². The second-order valence-corrected chi connectivity index (χ2v) is 2.94. The number of aromatic nitrogens is 1. The molecule has 0 atom stereocenters. The summed E-state index contributed by atoms with van der Waals surface area (Å²) in [4.78, 5) is 11.8. The predicted molar refractivity (Wildman–Crippen MR) is 55.9 cm³/mol. The van der Waals surface area contributed by atoms with Crippen molar-refractivity contribution in [3.63, 3.8) is 0 Å². The van der Waals surface area contributed by atoms with Crippen molar-refractivity contribution >= 4 is 18.4 Å². The average molecular weight is 188 g/mol. The first-order valence-electron chi connectivity index (χ1n) is 4.59. The molecule has 0 saturated carbocycles. The van der Waals surface area contributed by atoms with E-state index in [1.165, 1.54) is 10.9 Å². The Morgan fingerprint density at radius 1 is 1.21 bits per heavy atom. The lowest BCUT2D eigenvalue weighted by atomic mass is 9.99. The molecule has 1 aromatic carbocycles. The van der Waals surface area contributed by atoms with Crippen LogP contribution in [0, 0.1) is 0 Å². The number of hydrogen-bond donors (Lipinski definition) is 1. The smallest absolute Gasteiger partial charge is 0.346 e. The molecule has 2 aromatic rings. The number of para-hydroxylation sites is 1. The summed E-state index contributed by atoms with van der Waals surface area (Å²) < 4.78 is 0. The Bertz CT molecular complexity index is 346. The minimum atomic E-state index is 0.722. The Morgan fingerprint density at radius 3 is 2.79 bits per heavy atom. The maximum atomic E-state index is 4.39. The summed E-state index contributed by atoms with van der Waals surface area (Å²) in [6, 6.07) is 10.3. The highest BCUT2D eigenvalue weighted by Gasteiger charge is 2.00. The average Bonchev–Trinajstić information content (AvgIpc) is 2.92. The minimum absolute atomic E-state index is 0.722. The molecule has 1 fully saturated rings. The van der Waals surface area contributed by atoms with Crippen molar-refractivity contribution in [1.29, 1.82) is 0 Å². The Kier molecular flexibility index (Phi) is 3.21. The van der Waals surface area contributed by atoms with Crippen LogP contribution in [0.5, 0.6) is 0 Å². The second kappa shape index (κ2) is 4.84.